The van der Waals surface area contributed by atoms with Crippen LogP contribution in [0.25, 0.3) is 11.5 Å². The number of hydrogen-bond donors (Lipinski definition) is 1. The van der Waals surface area contributed by atoms with Crippen molar-refractivity contribution in [3.8, 4) is 11.5 Å². The van der Waals surface area contributed by atoms with Crippen LogP contribution in [0.1, 0.15) is 16.7 Å². The molecule has 0 atom stereocenters. The lowest BCUT2D eigenvalue weighted by Crippen LogP contribution is -2.14. The maximum atomic E-state index is 12.0. The van der Waals surface area contributed by atoms with Gasteiger partial charge in [0, 0.05) is 5.56 Å². The SMILES string of the molecule is Cc1ccc(CC(=O)Nc2nnc(-c3cccc(C)c3)o2)cc1. The summed E-state index contributed by atoms with van der Waals surface area (Å²) in [6.07, 6.45) is 0.266. The molecule has 0 aliphatic heterocycles. The molecule has 0 spiro atoms. The molecule has 0 aliphatic carbocycles. The average Bonchev–Trinajstić information content (AvgIpc) is 2.98. The normalized spacial score (nSPS) is 10.5. The summed E-state index contributed by atoms with van der Waals surface area (Å²) >= 11 is 0. The number of anilines is 1. The monoisotopic (exact) mass is 307 g/mol. The second-order valence-corrected chi connectivity index (χ2v) is 5.49. The van der Waals surface area contributed by atoms with Crippen LogP contribution in [-0.4, -0.2) is 16.1 Å². The molecule has 2 aromatic carbocycles. The fraction of sp³-hybridized carbons (Fsp3) is 0.167. The van der Waals surface area contributed by atoms with Crippen molar-refractivity contribution < 1.29 is 9.21 Å². The summed E-state index contributed by atoms with van der Waals surface area (Å²) in [7, 11) is 0. The van der Waals surface area contributed by atoms with E-state index in [9.17, 15) is 4.79 Å². The zero-order valence-corrected chi connectivity index (χ0v) is 13.0. The van der Waals surface area contributed by atoms with Crippen LogP contribution in [0.3, 0.4) is 0 Å². The van der Waals surface area contributed by atoms with Crippen molar-refractivity contribution in [1.29, 1.82) is 0 Å². The Hall–Kier alpha value is -2.95. The number of rotatable bonds is 4. The minimum Gasteiger partial charge on any atom is -0.403 e. The molecule has 0 saturated carbocycles. The minimum atomic E-state index is -0.187. The third kappa shape index (κ3) is 3.83. The number of amides is 1. The van der Waals surface area contributed by atoms with Gasteiger partial charge in [-0.1, -0.05) is 52.6 Å². The van der Waals surface area contributed by atoms with Crippen molar-refractivity contribution in [3.05, 3.63) is 65.2 Å². The molecule has 1 N–H and O–H groups in total. The van der Waals surface area contributed by atoms with E-state index < -0.39 is 0 Å². The first-order valence-corrected chi connectivity index (χ1v) is 7.36. The molecule has 5 heteroatoms. The van der Waals surface area contributed by atoms with E-state index in [2.05, 4.69) is 15.5 Å². The van der Waals surface area contributed by atoms with E-state index in [1.165, 1.54) is 0 Å². The van der Waals surface area contributed by atoms with Crippen LogP contribution in [0.4, 0.5) is 6.01 Å². The summed E-state index contributed by atoms with van der Waals surface area (Å²) in [5.74, 6) is 0.202. The third-order valence-electron chi connectivity index (χ3n) is 3.42. The maximum absolute atomic E-state index is 12.0. The van der Waals surface area contributed by atoms with Gasteiger partial charge in [-0.3, -0.25) is 10.1 Å². The van der Waals surface area contributed by atoms with Gasteiger partial charge in [0.05, 0.1) is 6.42 Å². The fourth-order valence-corrected chi connectivity index (χ4v) is 2.22. The molecular formula is C18H17N3O2. The topological polar surface area (TPSA) is 68.0 Å². The van der Waals surface area contributed by atoms with E-state index >= 15 is 0 Å². The Morgan fingerprint density at radius 2 is 1.83 bits per heavy atom. The molecule has 1 heterocycles. The van der Waals surface area contributed by atoms with Crippen molar-refractivity contribution in [2.24, 2.45) is 0 Å². The van der Waals surface area contributed by atoms with Crippen LogP contribution in [0, 0.1) is 13.8 Å². The van der Waals surface area contributed by atoms with Gasteiger partial charge in [0.15, 0.2) is 0 Å². The van der Waals surface area contributed by atoms with Crippen LogP contribution in [-0.2, 0) is 11.2 Å². The first-order chi connectivity index (χ1) is 11.1. The van der Waals surface area contributed by atoms with Gasteiger partial charge >= 0.3 is 6.01 Å². The average molecular weight is 307 g/mol. The Bertz CT molecular complexity index is 822. The van der Waals surface area contributed by atoms with E-state index in [4.69, 9.17) is 4.42 Å². The van der Waals surface area contributed by atoms with E-state index in [-0.39, 0.29) is 18.3 Å². The first-order valence-electron chi connectivity index (χ1n) is 7.36. The Kier molecular flexibility index (Phi) is 4.19. The Labute approximate surface area is 134 Å². The van der Waals surface area contributed by atoms with E-state index in [0.29, 0.717) is 5.89 Å². The van der Waals surface area contributed by atoms with Gasteiger partial charge in [-0.05, 0) is 31.5 Å². The Morgan fingerprint density at radius 3 is 2.57 bits per heavy atom. The zero-order valence-electron chi connectivity index (χ0n) is 13.0. The van der Waals surface area contributed by atoms with E-state index in [1.54, 1.807) is 0 Å². The van der Waals surface area contributed by atoms with Crippen LogP contribution in [0.2, 0.25) is 0 Å². The van der Waals surface area contributed by atoms with Gasteiger partial charge in [0.25, 0.3) is 0 Å². The number of nitrogens with zero attached hydrogens (tertiary/aromatic N) is 2. The van der Waals surface area contributed by atoms with Crippen LogP contribution >= 0.6 is 0 Å². The highest BCUT2D eigenvalue weighted by Gasteiger charge is 2.11. The number of hydrogen-bond acceptors (Lipinski definition) is 4. The van der Waals surface area contributed by atoms with E-state index in [1.807, 2.05) is 62.4 Å². The molecule has 0 saturated heterocycles. The second kappa shape index (κ2) is 6.44. The summed E-state index contributed by atoms with van der Waals surface area (Å²) in [5.41, 5.74) is 4.03. The predicted molar refractivity (Wildman–Crippen MR) is 88.0 cm³/mol. The lowest BCUT2D eigenvalue weighted by molar-refractivity contribution is -0.115. The molecule has 0 bridgehead atoms. The van der Waals surface area contributed by atoms with Gasteiger partial charge in [-0.15, -0.1) is 5.10 Å². The summed E-state index contributed by atoms with van der Waals surface area (Å²) in [5, 5.41) is 10.5. The molecule has 1 amide bonds. The van der Waals surface area contributed by atoms with Crippen molar-refractivity contribution in [3.63, 3.8) is 0 Å². The highest BCUT2D eigenvalue weighted by atomic mass is 16.4. The van der Waals surface area contributed by atoms with Gasteiger partial charge in [0.1, 0.15) is 0 Å². The highest BCUT2D eigenvalue weighted by Crippen LogP contribution is 2.20. The summed E-state index contributed by atoms with van der Waals surface area (Å²) < 4.78 is 5.50. The van der Waals surface area contributed by atoms with Crippen molar-refractivity contribution in [1.82, 2.24) is 10.2 Å². The third-order valence-corrected chi connectivity index (χ3v) is 3.42. The number of aromatic nitrogens is 2. The van der Waals surface area contributed by atoms with Crippen LogP contribution in [0.15, 0.2) is 52.9 Å². The van der Waals surface area contributed by atoms with Crippen molar-refractivity contribution >= 4 is 11.9 Å². The van der Waals surface area contributed by atoms with Gasteiger partial charge in [-0.25, -0.2) is 0 Å². The highest BCUT2D eigenvalue weighted by molar-refractivity contribution is 5.90. The summed E-state index contributed by atoms with van der Waals surface area (Å²) in [6.45, 7) is 4.00. The van der Waals surface area contributed by atoms with Crippen molar-refractivity contribution in [2.45, 2.75) is 20.3 Å². The Balaban J connectivity index is 1.66. The predicted octanol–water partition coefficient (Wildman–Crippen LogP) is 3.53. The summed E-state index contributed by atoms with van der Waals surface area (Å²) in [4.78, 5) is 12.0. The van der Waals surface area contributed by atoms with Crippen molar-refractivity contribution in [2.75, 3.05) is 5.32 Å². The van der Waals surface area contributed by atoms with Gasteiger partial charge in [-0.2, -0.15) is 0 Å². The molecule has 3 rings (SSSR count). The quantitative estimate of drug-likeness (QED) is 0.800. The standard InChI is InChI=1S/C18H17N3O2/c1-12-6-8-14(9-7-12)11-16(22)19-18-21-20-17(23-18)15-5-3-4-13(2)10-15/h3-10H,11H2,1-2H3,(H,19,21,22). The molecule has 0 aliphatic rings. The zero-order chi connectivity index (χ0) is 16.2. The molecule has 23 heavy (non-hydrogen) atoms. The molecular weight excluding hydrogens is 290 g/mol. The molecule has 1 aromatic heterocycles. The van der Waals surface area contributed by atoms with Gasteiger partial charge in [0.2, 0.25) is 11.8 Å². The minimum absolute atomic E-state index is 0.110. The second-order valence-electron chi connectivity index (χ2n) is 5.49. The molecule has 5 nitrogen and oxygen atoms in total. The largest absolute Gasteiger partial charge is 0.403 e. The number of carbonyl (C=O) groups is 1. The van der Waals surface area contributed by atoms with Crippen LogP contribution < -0.4 is 5.32 Å². The molecule has 116 valence electrons. The lowest BCUT2D eigenvalue weighted by atomic mass is 10.1. The fourth-order valence-electron chi connectivity index (χ4n) is 2.22. The molecule has 0 radical (unpaired) electrons. The first kappa shape index (κ1) is 15.0. The summed E-state index contributed by atoms with van der Waals surface area (Å²) in [6, 6.07) is 15.7. The number of nitrogens with one attached hydrogen (secondary N) is 1. The van der Waals surface area contributed by atoms with E-state index in [0.717, 1.165) is 22.3 Å². The number of benzene rings is 2. The van der Waals surface area contributed by atoms with Crippen LogP contribution in [0.5, 0.6) is 0 Å². The smallest absolute Gasteiger partial charge is 0.322 e. The molecule has 0 fully saturated rings. The maximum Gasteiger partial charge on any atom is 0.322 e. The number of aryl methyl sites for hydroxylation is 2. The van der Waals surface area contributed by atoms with Gasteiger partial charge < -0.3 is 4.42 Å². The molecule has 0 unspecified atom stereocenters. The lowest BCUT2D eigenvalue weighted by Gasteiger charge is -2.01. The molecule has 3 aromatic rings. The Morgan fingerprint density at radius 1 is 1.04 bits per heavy atom. The number of carbonyl (C=O) groups excluding carboxylic acids is 1.